The van der Waals surface area contributed by atoms with Crippen molar-refractivity contribution >= 4 is 34.9 Å². The number of pyridine rings is 1. The van der Waals surface area contributed by atoms with Crippen LogP contribution >= 0.6 is 24.0 Å². The zero-order valence-corrected chi connectivity index (χ0v) is 10.1. The number of fused-ring (bicyclic) bond motifs is 1. The number of nitrogens with zero attached hydrogens (tertiary/aromatic N) is 1. The van der Waals surface area contributed by atoms with Gasteiger partial charge in [0.1, 0.15) is 5.15 Å². The maximum atomic E-state index is 6.04. The van der Waals surface area contributed by atoms with Crippen LogP contribution in [0.15, 0.2) is 43.0 Å². The van der Waals surface area contributed by atoms with Crippen molar-refractivity contribution in [2.45, 2.75) is 6.04 Å². The predicted molar refractivity (Wildman–Crippen MR) is 71.1 cm³/mol. The summed E-state index contributed by atoms with van der Waals surface area (Å²) < 4.78 is 0. The zero-order chi connectivity index (χ0) is 10.8. The summed E-state index contributed by atoms with van der Waals surface area (Å²) in [6.45, 7) is 3.65. The van der Waals surface area contributed by atoms with E-state index >= 15 is 0 Å². The number of para-hydroxylation sites is 1. The molecule has 0 radical (unpaired) electrons. The van der Waals surface area contributed by atoms with Gasteiger partial charge in [0.25, 0.3) is 0 Å². The molecule has 0 aliphatic heterocycles. The first-order valence-corrected chi connectivity index (χ1v) is 5.03. The molecule has 1 heterocycles. The first kappa shape index (κ1) is 13.0. The highest BCUT2D eigenvalue weighted by atomic mass is 35.5. The monoisotopic (exact) mass is 254 g/mol. The molecule has 0 saturated carbocycles. The minimum absolute atomic E-state index is 0. The number of benzene rings is 1. The number of rotatable bonds is 2. The summed E-state index contributed by atoms with van der Waals surface area (Å²) in [5, 5.41) is 1.48. The van der Waals surface area contributed by atoms with Crippen LogP contribution in [-0.4, -0.2) is 4.98 Å². The molecule has 0 amide bonds. The summed E-state index contributed by atoms with van der Waals surface area (Å²) in [6, 6.07) is 9.48. The number of hydrogen-bond donors (Lipinski definition) is 1. The van der Waals surface area contributed by atoms with Gasteiger partial charge in [-0.25, -0.2) is 4.98 Å². The van der Waals surface area contributed by atoms with Gasteiger partial charge in [0.15, 0.2) is 0 Å². The third-order valence-corrected chi connectivity index (χ3v) is 2.62. The lowest BCUT2D eigenvalue weighted by Crippen LogP contribution is -2.07. The summed E-state index contributed by atoms with van der Waals surface area (Å²) in [5.74, 6) is 0. The van der Waals surface area contributed by atoms with Gasteiger partial charge in [-0.1, -0.05) is 35.9 Å². The largest absolute Gasteiger partial charge is 0.321 e. The summed E-state index contributed by atoms with van der Waals surface area (Å²) in [7, 11) is 0. The average molecular weight is 255 g/mol. The molecule has 2 nitrogen and oxygen atoms in total. The molecule has 0 saturated heterocycles. The Balaban J connectivity index is 0.00000128. The second-order valence-corrected chi connectivity index (χ2v) is 3.68. The Bertz CT molecular complexity index is 511. The van der Waals surface area contributed by atoms with E-state index in [9.17, 15) is 0 Å². The van der Waals surface area contributed by atoms with Crippen molar-refractivity contribution in [3.63, 3.8) is 0 Å². The van der Waals surface area contributed by atoms with Crippen molar-refractivity contribution in [2.24, 2.45) is 5.73 Å². The number of halogens is 2. The molecule has 0 unspecified atom stereocenters. The van der Waals surface area contributed by atoms with Gasteiger partial charge < -0.3 is 5.73 Å². The lowest BCUT2D eigenvalue weighted by molar-refractivity contribution is 0.909. The Hall–Kier alpha value is -1.09. The molecule has 0 aliphatic carbocycles. The van der Waals surface area contributed by atoms with Crippen molar-refractivity contribution in [1.82, 2.24) is 4.98 Å². The zero-order valence-electron chi connectivity index (χ0n) is 8.56. The van der Waals surface area contributed by atoms with Gasteiger partial charge in [0.05, 0.1) is 11.6 Å². The second-order valence-electron chi connectivity index (χ2n) is 3.32. The molecule has 0 bridgehead atoms. The van der Waals surface area contributed by atoms with Gasteiger partial charge in [-0.3, -0.25) is 0 Å². The molecule has 16 heavy (non-hydrogen) atoms. The van der Waals surface area contributed by atoms with Crippen molar-refractivity contribution in [2.75, 3.05) is 0 Å². The van der Waals surface area contributed by atoms with Crippen LogP contribution < -0.4 is 5.73 Å². The molecule has 4 heteroatoms. The quantitative estimate of drug-likeness (QED) is 0.658. The molecule has 2 rings (SSSR count). The van der Waals surface area contributed by atoms with Gasteiger partial charge in [0.2, 0.25) is 0 Å². The lowest BCUT2D eigenvalue weighted by Gasteiger charge is -2.09. The van der Waals surface area contributed by atoms with Crippen LogP contribution in [0.1, 0.15) is 11.6 Å². The number of aromatic nitrogens is 1. The van der Waals surface area contributed by atoms with Crippen LogP contribution in [0.2, 0.25) is 5.15 Å². The fourth-order valence-corrected chi connectivity index (χ4v) is 1.74. The fourth-order valence-electron chi connectivity index (χ4n) is 1.47. The van der Waals surface area contributed by atoms with E-state index in [4.69, 9.17) is 17.3 Å². The Kier molecular flexibility index (Phi) is 4.30. The second kappa shape index (κ2) is 5.30. The van der Waals surface area contributed by atoms with Crippen molar-refractivity contribution in [3.8, 4) is 0 Å². The minimum Gasteiger partial charge on any atom is -0.321 e. The fraction of sp³-hybridized carbons (Fsp3) is 0.0833. The molecule has 1 atom stereocenters. The molecule has 84 valence electrons. The normalized spacial score (nSPS) is 11.9. The Morgan fingerprint density at radius 3 is 2.75 bits per heavy atom. The third-order valence-electron chi connectivity index (χ3n) is 2.32. The molecule has 2 N–H and O–H groups in total. The average Bonchev–Trinajstić information content (AvgIpc) is 2.27. The van der Waals surface area contributed by atoms with E-state index in [-0.39, 0.29) is 18.4 Å². The minimum atomic E-state index is -0.269. The molecular weight excluding hydrogens is 243 g/mol. The first-order chi connectivity index (χ1) is 7.22. The third kappa shape index (κ3) is 2.35. The van der Waals surface area contributed by atoms with E-state index in [2.05, 4.69) is 11.6 Å². The number of hydrogen-bond acceptors (Lipinski definition) is 2. The first-order valence-electron chi connectivity index (χ1n) is 4.65. The van der Waals surface area contributed by atoms with Gasteiger partial charge in [-0.15, -0.1) is 19.0 Å². The molecule has 1 aromatic carbocycles. The van der Waals surface area contributed by atoms with E-state index in [0.29, 0.717) is 5.15 Å². The summed E-state index contributed by atoms with van der Waals surface area (Å²) in [5.41, 5.74) is 7.53. The summed E-state index contributed by atoms with van der Waals surface area (Å²) in [4.78, 5) is 4.28. The van der Waals surface area contributed by atoms with Crippen LogP contribution in [0.5, 0.6) is 0 Å². The standard InChI is InChI=1S/C12H11ClN2.ClH/c1-2-10(14)9-7-8-5-3-4-6-11(8)15-12(9)13;/h2-7,10H,1,14H2;1H/t10-;/m1./s1. The van der Waals surface area contributed by atoms with Gasteiger partial charge >= 0.3 is 0 Å². The number of nitrogens with two attached hydrogens (primary N) is 1. The molecule has 2 aromatic rings. The molecule has 1 aromatic heterocycles. The van der Waals surface area contributed by atoms with Crippen LogP contribution in [-0.2, 0) is 0 Å². The summed E-state index contributed by atoms with van der Waals surface area (Å²) in [6.07, 6.45) is 1.65. The lowest BCUT2D eigenvalue weighted by atomic mass is 10.1. The van der Waals surface area contributed by atoms with Crippen LogP contribution in [0, 0.1) is 0 Å². The molecule has 0 fully saturated rings. The van der Waals surface area contributed by atoms with Crippen LogP contribution in [0.4, 0.5) is 0 Å². The van der Waals surface area contributed by atoms with E-state index in [1.54, 1.807) is 6.08 Å². The van der Waals surface area contributed by atoms with Gasteiger partial charge in [-0.05, 0) is 12.1 Å². The maximum absolute atomic E-state index is 6.04. The highest BCUT2D eigenvalue weighted by Crippen LogP contribution is 2.24. The molecule has 0 spiro atoms. The predicted octanol–water partition coefficient (Wildman–Crippen LogP) is 3.50. The highest BCUT2D eigenvalue weighted by molar-refractivity contribution is 6.30. The smallest absolute Gasteiger partial charge is 0.134 e. The Morgan fingerprint density at radius 2 is 2.06 bits per heavy atom. The van der Waals surface area contributed by atoms with E-state index in [0.717, 1.165) is 16.5 Å². The topological polar surface area (TPSA) is 38.9 Å². The van der Waals surface area contributed by atoms with Gasteiger partial charge in [-0.2, -0.15) is 0 Å². The molecular formula is C12H12Cl2N2. The summed E-state index contributed by atoms with van der Waals surface area (Å²) >= 11 is 6.04. The van der Waals surface area contributed by atoms with Crippen molar-refractivity contribution < 1.29 is 0 Å². The Morgan fingerprint density at radius 1 is 1.38 bits per heavy atom. The highest BCUT2D eigenvalue weighted by Gasteiger charge is 2.09. The maximum Gasteiger partial charge on any atom is 0.134 e. The van der Waals surface area contributed by atoms with E-state index in [1.807, 2.05) is 30.3 Å². The van der Waals surface area contributed by atoms with Crippen molar-refractivity contribution in [3.05, 3.63) is 53.7 Å². The van der Waals surface area contributed by atoms with E-state index in [1.165, 1.54) is 0 Å². The Labute approximate surface area is 106 Å². The van der Waals surface area contributed by atoms with Gasteiger partial charge in [0, 0.05) is 10.9 Å². The van der Waals surface area contributed by atoms with E-state index < -0.39 is 0 Å². The van der Waals surface area contributed by atoms with Crippen molar-refractivity contribution in [1.29, 1.82) is 0 Å². The van der Waals surface area contributed by atoms with Crippen LogP contribution in [0.3, 0.4) is 0 Å². The molecule has 0 aliphatic rings. The van der Waals surface area contributed by atoms with Crippen LogP contribution in [0.25, 0.3) is 10.9 Å². The SMILES string of the molecule is C=C[C@@H](N)c1cc2ccccc2nc1Cl.Cl.